The van der Waals surface area contributed by atoms with Crippen molar-refractivity contribution in [2.24, 2.45) is 5.92 Å². The molecule has 0 saturated carbocycles. The van der Waals surface area contributed by atoms with Crippen LogP contribution < -0.4 is 5.32 Å². The van der Waals surface area contributed by atoms with Crippen LogP contribution in [-0.2, 0) is 0 Å². The third-order valence-electron chi connectivity index (χ3n) is 4.29. The summed E-state index contributed by atoms with van der Waals surface area (Å²) >= 11 is 0. The first-order chi connectivity index (χ1) is 8.31. The van der Waals surface area contributed by atoms with E-state index in [9.17, 15) is 0 Å². The summed E-state index contributed by atoms with van der Waals surface area (Å²) in [5.41, 5.74) is 0. The van der Waals surface area contributed by atoms with Gasteiger partial charge in [0.25, 0.3) is 0 Å². The lowest BCUT2D eigenvalue weighted by atomic mass is 9.90. The molecule has 0 aromatic rings. The average Bonchev–Trinajstić information content (AvgIpc) is 2.38. The Labute approximate surface area is 108 Å². The molecule has 102 valence electrons. The van der Waals surface area contributed by atoms with Crippen molar-refractivity contribution in [3.8, 4) is 0 Å². The zero-order chi connectivity index (χ0) is 12.5. The summed E-state index contributed by atoms with van der Waals surface area (Å²) in [6.45, 7) is 8.57. The molecule has 0 amide bonds. The Morgan fingerprint density at radius 1 is 1.12 bits per heavy atom. The highest BCUT2D eigenvalue weighted by atomic mass is 15.1. The van der Waals surface area contributed by atoms with Crippen molar-refractivity contribution in [3.05, 3.63) is 0 Å². The summed E-state index contributed by atoms with van der Waals surface area (Å²) in [6, 6.07) is 0.761. The van der Waals surface area contributed by atoms with Crippen LogP contribution in [0.25, 0.3) is 0 Å². The first kappa shape index (κ1) is 15.0. The standard InChI is InChI=1S/C15H32N2/c1-4-6-7-8-9-11-17-12-10-15(16-3)14(5-2)13-17/h14-16H,4-13H2,1-3H3. The van der Waals surface area contributed by atoms with E-state index in [1.54, 1.807) is 0 Å². The van der Waals surface area contributed by atoms with Gasteiger partial charge in [0, 0.05) is 12.6 Å². The highest BCUT2D eigenvalue weighted by Gasteiger charge is 2.26. The Morgan fingerprint density at radius 3 is 2.53 bits per heavy atom. The summed E-state index contributed by atoms with van der Waals surface area (Å²) in [7, 11) is 2.12. The third kappa shape index (κ3) is 5.39. The molecular weight excluding hydrogens is 208 g/mol. The predicted octanol–water partition coefficient (Wildman–Crippen LogP) is 3.28. The molecule has 0 aliphatic carbocycles. The first-order valence-corrected chi connectivity index (χ1v) is 7.71. The van der Waals surface area contributed by atoms with Gasteiger partial charge in [0.15, 0.2) is 0 Å². The van der Waals surface area contributed by atoms with Crippen molar-refractivity contribution >= 4 is 0 Å². The second-order valence-electron chi connectivity index (χ2n) is 5.57. The van der Waals surface area contributed by atoms with E-state index in [1.807, 2.05) is 0 Å². The van der Waals surface area contributed by atoms with Crippen molar-refractivity contribution < 1.29 is 0 Å². The molecule has 0 radical (unpaired) electrons. The maximum atomic E-state index is 3.48. The minimum Gasteiger partial charge on any atom is -0.317 e. The number of hydrogen-bond acceptors (Lipinski definition) is 2. The van der Waals surface area contributed by atoms with E-state index in [0.29, 0.717) is 0 Å². The van der Waals surface area contributed by atoms with E-state index in [1.165, 1.54) is 64.6 Å². The molecule has 0 aromatic heterocycles. The molecule has 1 rings (SSSR count). The van der Waals surface area contributed by atoms with Gasteiger partial charge in [-0.05, 0) is 38.9 Å². The van der Waals surface area contributed by atoms with Gasteiger partial charge in [0.2, 0.25) is 0 Å². The highest BCUT2D eigenvalue weighted by Crippen LogP contribution is 2.20. The molecule has 0 spiro atoms. The maximum Gasteiger partial charge on any atom is 0.0117 e. The van der Waals surface area contributed by atoms with Gasteiger partial charge >= 0.3 is 0 Å². The summed E-state index contributed by atoms with van der Waals surface area (Å²) in [5, 5.41) is 3.48. The number of nitrogens with one attached hydrogen (secondary N) is 1. The fourth-order valence-corrected chi connectivity index (χ4v) is 3.04. The predicted molar refractivity (Wildman–Crippen MR) is 76.4 cm³/mol. The van der Waals surface area contributed by atoms with Crippen molar-refractivity contribution in [1.29, 1.82) is 0 Å². The van der Waals surface area contributed by atoms with E-state index in [-0.39, 0.29) is 0 Å². The Balaban J connectivity index is 2.14. The van der Waals surface area contributed by atoms with Crippen molar-refractivity contribution in [3.63, 3.8) is 0 Å². The molecule has 17 heavy (non-hydrogen) atoms. The van der Waals surface area contributed by atoms with Crippen LogP contribution in [0.5, 0.6) is 0 Å². The van der Waals surface area contributed by atoms with E-state index in [4.69, 9.17) is 0 Å². The summed E-state index contributed by atoms with van der Waals surface area (Å²) in [6.07, 6.45) is 9.69. The molecule has 1 aliphatic heterocycles. The van der Waals surface area contributed by atoms with Gasteiger partial charge < -0.3 is 10.2 Å². The molecule has 1 saturated heterocycles. The topological polar surface area (TPSA) is 15.3 Å². The monoisotopic (exact) mass is 240 g/mol. The van der Waals surface area contributed by atoms with Crippen LogP contribution in [0.1, 0.15) is 58.8 Å². The number of unbranched alkanes of at least 4 members (excludes halogenated alkanes) is 4. The second-order valence-corrected chi connectivity index (χ2v) is 5.57. The number of hydrogen-bond donors (Lipinski definition) is 1. The lowest BCUT2D eigenvalue weighted by molar-refractivity contribution is 0.136. The normalized spacial score (nSPS) is 26.3. The van der Waals surface area contributed by atoms with E-state index >= 15 is 0 Å². The average molecular weight is 240 g/mol. The molecule has 2 heteroatoms. The van der Waals surface area contributed by atoms with Crippen molar-refractivity contribution in [2.45, 2.75) is 64.8 Å². The minimum atomic E-state index is 0.761. The largest absolute Gasteiger partial charge is 0.317 e. The molecule has 1 fully saturated rings. The van der Waals surface area contributed by atoms with E-state index < -0.39 is 0 Å². The Morgan fingerprint density at radius 2 is 1.88 bits per heavy atom. The molecule has 2 unspecified atom stereocenters. The fourth-order valence-electron chi connectivity index (χ4n) is 3.04. The van der Waals surface area contributed by atoms with Gasteiger partial charge in [0.05, 0.1) is 0 Å². The fraction of sp³-hybridized carbons (Fsp3) is 1.00. The van der Waals surface area contributed by atoms with Gasteiger partial charge in [0.1, 0.15) is 0 Å². The van der Waals surface area contributed by atoms with Gasteiger partial charge in [-0.3, -0.25) is 0 Å². The Bertz CT molecular complexity index is 182. The Kier molecular flexibility index (Phi) is 7.87. The summed E-state index contributed by atoms with van der Waals surface area (Å²) in [4.78, 5) is 2.69. The van der Waals surface area contributed by atoms with Crippen LogP contribution in [0.15, 0.2) is 0 Å². The number of piperidine rings is 1. The van der Waals surface area contributed by atoms with Crippen molar-refractivity contribution in [2.75, 3.05) is 26.7 Å². The zero-order valence-corrected chi connectivity index (χ0v) is 12.2. The molecule has 2 atom stereocenters. The van der Waals surface area contributed by atoms with Gasteiger partial charge in [-0.15, -0.1) is 0 Å². The quantitative estimate of drug-likeness (QED) is 0.655. The lowest BCUT2D eigenvalue weighted by Gasteiger charge is -2.38. The number of nitrogens with zero attached hydrogens (tertiary/aromatic N) is 1. The van der Waals surface area contributed by atoms with Crippen LogP contribution in [0, 0.1) is 5.92 Å². The van der Waals surface area contributed by atoms with Crippen molar-refractivity contribution in [1.82, 2.24) is 10.2 Å². The van der Waals surface area contributed by atoms with E-state index in [2.05, 4.69) is 31.1 Å². The smallest absolute Gasteiger partial charge is 0.0117 e. The molecule has 1 heterocycles. The Hall–Kier alpha value is -0.0800. The third-order valence-corrected chi connectivity index (χ3v) is 4.29. The molecule has 0 aromatic carbocycles. The molecule has 0 bridgehead atoms. The van der Waals surface area contributed by atoms with E-state index in [0.717, 1.165) is 12.0 Å². The maximum absolute atomic E-state index is 3.48. The van der Waals surface area contributed by atoms with Crippen LogP contribution >= 0.6 is 0 Å². The molecule has 1 aliphatic rings. The second kappa shape index (κ2) is 8.93. The number of rotatable bonds is 8. The van der Waals surface area contributed by atoms with Crippen LogP contribution in [0.3, 0.4) is 0 Å². The minimum absolute atomic E-state index is 0.761. The lowest BCUT2D eigenvalue weighted by Crippen LogP contribution is -2.48. The highest BCUT2D eigenvalue weighted by molar-refractivity contribution is 4.83. The van der Waals surface area contributed by atoms with Gasteiger partial charge in [-0.1, -0.05) is 46.0 Å². The molecular formula is C15H32N2. The van der Waals surface area contributed by atoms with Gasteiger partial charge in [-0.25, -0.2) is 0 Å². The summed E-state index contributed by atoms with van der Waals surface area (Å²) in [5.74, 6) is 0.865. The zero-order valence-electron chi connectivity index (χ0n) is 12.2. The van der Waals surface area contributed by atoms with Gasteiger partial charge in [-0.2, -0.15) is 0 Å². The molecule has 1 N–H and O–H groups in total. The SMILES string of the molecule is CCCCCCCN1CCC(NC)C(CC)C1. The summed E-state index contributed by atoms with van der Waals surface area (Å²) < 4.78 is 0. The van der Waals surface area contributed by atoms with Crippen LogP contribution in [0.4, 0.5) is 0 Å². The van der Waals surface area contributed by atoms with Crippen LogP contribution in [0.2, 0.25) is 0 Å². The van der Waals surface area contributed by atoms with Crippen LogP contribution in [-0.4, -0.2) is 37.6 Å². The first-order valence-electron chi connectivity index (χ1n) is 7.71. The number of likely N-dealkylation sites (tertiary alicyclic amines) is 1. The molecule has 2 nitrogen and oxygen atoms in total.